The molecular formula is C20H19N5O5. The van der Waals surface area contributed by atoms with Gasteiger partial charge in [0.25, 0.3) is 11.6 Å². The Morgan fingerprint density at radius 3 is 2.60 bits per heavy atom. The number of aromatic nitrogens is 2. The average Bonchev–Trinajstić information content (AvgIpc) is 3.18. The van der Waals surface area contributed by atoms with Crippen molar-refractivity contribution in [3.8, 4) is 11.5 Å². The lowest BCUT2D eigenvalue weighted by Crippen LogP contribution is -2.27. The fourth-order valence-corrected chi connectivity index (χ4v) is 2.58. The molecule has 10 nitrogen and oxygen atoms in total. The van der Waals surface area contributed by atoms with Gasteiger partial charge in [0.05, 0.1) is 12.0 Å². The first-order chi connectivity index (χ1) is 14.5. The van der Waals surface area contributed by atoms with Crippen molar-refractivity contribution in [2.75, 3.05) is 13.7 Å². The van der Waals surface area contributed by atoms with Crippen LogP contribution in [0.25, 0.3) is 0 Å². The van der Waals surface area contributed by atoms with E-state index in [0.29, 0.717) is 22.9 Å². The molecule has 1 amide bonds. The van der Waals surface area contributed by atoms with Crippen LogP contribution in [0.3, 0.4) is 0 Å². The van der Waals surface area contributed by atoms with E-state index in [2.05, 4.69) is 15.5 Å². The van der Waals surface area contributed by atoms with Crippen molar-refractivity contribution < 1.29 is 19.2 Å². The van der Waals surface area contributed by atoms with E-state index in [9.17, 15) is 14.9 Å². The van der Waals surface area contributed by atoms with Gasteiger partial charge in [-0.25, -0.2) is 10.4 Å². The maximum atomic E-state index is 12.2. The van der Waals surface area contributed by atoms with Gasteiger partial charge in [0.15, 0.2) is 12.4 Å². The number of benzene rings is 2. The van der Waals surface area contributed by atoms with Crippen LogP contribution in [0.5, 0.6) is 11.5 Å². The number of hydrazone groups is 1. The van der Waals surface area contributed by atoms with Crippen molar-refractivity contribution in [1.82, 2.24) is 15.0 Å². The van der Waals surface area contributed by atoms with Gasteiger partial charge in [-0.2, -0.15) is 5.10 Å². The van der Waals surface area contributed by atoms with E-state index < -0.39 is 10.8 Å². The Morgan fingerprint density at radius 2 is 1.97 bits per heavy atom. The SMILES string of the molecule is COc1ccc(OCC(=O)N/N=C(/c2cccc([N+](=O)[O-])c2)c2nccn2C)cc1. The van der Waals surface area contributed by atoms with Gasteiger partial charge in [-0.05, 0) is 24.3 Å². The number of nitrogens with zero attached hydrogens (tertiary/aromatic N) is 4. The van der Waals surface area contributed by atoms with E-state index in [1.54, 1.807) is 67.5 Å². The number of methoxy groups -OCH3 is 1. The van der Waals surface area contributed by atoms with Crippen molar-refractivity contribution in [3.05, 3.63) is 82.4 Å². The number of nitro benzene ring substituents is 1. The number of hydrogen-bond donors (Lipinski definition) is 1. The van der Waals surface area contributed by atoms with Crippen LogP contribution in [0, 0.1) is 10.1 Å². The van der Waals surface area contributed by atoms with Crippen molar-refractivity contribution in [3.63, 3.8) is 0 Å². The predicted molar refractivity (Wildman–Crippen MR) is 109 cm³/mol. The number of nitrogens with one attached hydrogen (secondary N) is 1. The Morgan fingerprint density at radius 1 is 1.23 bits per heavy atom. The summed E-state index contributed by atoms with van der Waals surface area (Å²) in [6.07, 6.45) is 3.27. The topological polar surface area (TPSA) is 121 Å². The second kappa shape index (κ2) is 9.32. The molecule has 3 aromatic rings. The fraction of sp³-hybridized carbons (Fsp3) is 0.150. The summed E-state index contributed by atoms with van der Waals surface area (Å²) in [6.45, 7) is -0.265. The molecule has 3 rings (SSSR count). The van der Waals surface area contributed by atoms with Gasteiger partial charge < -0.3 is 14.0 Å². The third kappa shape index (κ3) is 4.98. The molecule has 1 heterocycles. The third-order valence-electron chi connectivity index (χ3n) is 4.09. The highest BCUT2D eigenvalue weighted by molar-refractivity contribution is 6.11. The van der Waals surface area contributed by atoms with Crippen LogP contribution in [0.15, 0.2) is 66.0 Å². The van der Waals surface area contributed by atoms with Gasteiger partial charge in [0.1, 0.15) is 17.2 Å². The summed E-state index contributed by atoms with van der Waals surface area (Å²) in [5, 5.41) is 15.3. The molecule has 0 aliphatic heterocycles. The molecule has 0 spiro atoms. The highest BCUT2D eigenvalue weighted by atomic mass is 16.6. The number of ether oxygens (including phenoxy) is 2. The molecule has 0 bridgehead atoms. The lowest BCUT2D eigenvalue weighted by molar-refractivity contribution is -0.384. The molecule has 30 heavy (non-hydrogen) atoms. The van der Waals surface area contributed by atoms with E-state index in [1.165, 1.54) is 12.1 Å². The van der Waals surface area contributed by atoms with Crippen LogP contribution in [0.2, 0.25) is 0 Å². The van der Waals surface area contributed by atoms with Gasteiger partial charge in [0, 0.05) is 37.1 Å². The number of rotatable bonds is 8. The quantitative estimate of drug-likeness (QED) is 0.346. The lowest BCUT2D eigenvalue weighted by Gasteiger charge is -2.09. The smallest absolute Gasteiger partial charge is 0.277 e. The maximum absolute atomic E-state index is 12.2. The molecule has 0 unspecified atom stereocenters. The molecule has 2 aromatic carbocycles. The summed E-state index contributed by atoms with van der Waals surface area (Å²) in [4.78, 5) is 27.0. The monoisotopic (exact) mass is 409 g/mol. The highest BCUT2D eigenvalue weighted by Gasteiger charge is 2.16. The minimum absolute atomic E-state index is 0.0939. The van der Waals surface area contributed by atoms with E-state index in [4.69, 9.17) is 9.47 Å². The van der Waals surface area contributed by atoms with E-state index in [1.807, 2.05) is 0 Å². The van der Waals surface area contributed by atoms with Crippen molar-refractivity contribution in [2.45, 2.75) is 0 Å². The van der Waals surface area contributed by atoms with Crippen LogP contribution in [0.1, 0.15) is 11.4 Å². The molecule has 10 heteroatoms. The van der Waals surface area contributed by atoms with Gasteiger partial charge >= 0.3 is 0 Å². The standard InChI is InChI=1S/C20H19N5O5/c1-24-11-10-21-20(24)19(14-4-3-5-15(12-14)25(27)28)23-22-18(26)13-30-17-8-6-16(29-2)7-9-17/h3-12H,13H2,1-2H3,(H,22,26)/b23-19-. The predicted octanol–water partition coefficient (Wildman–Crippen LogP) is 2.28. The van der Waals surface area contributed by atoms with E-state index in [0.717, 1.165) is 0 Å². The van der Waals surface area contributed by atoms with Gasteiger partial charge in [0.2, 0.25) is 0 Å². The largest absolute Gasteiger partial charge is 0.497 e. The first kappa shape index (κ1) is 20.5. The summed E-state index contributed by atoms with van der Waals surface area (Å²) in [5.74, 6) is 1.11. The summed E-state index contributed by atoms with van der Waals surface area (Å²) in [6, 6.07) is 12.7. The number of imidazole rings is 1. The van der Waals surface area contributed by atoms with Crippen molar-refractivity contribution >= 4 is 17.3 Å². The zero-order chi connectivity index (χ0) is 21.5. The molecular weight excluding hydrogens is 390 g/mol. The minimum atomic E-state index is -0.499. The Bertz CT molecular complexity index is 1080. The van der Waals surface area contributed by atoms with Crippen LogP contribution < -0.4 is 14.9 Å². The molecule has 0 aliphatic carbocycles. The number of hydrogen-bond acceptors (Lipinski definition) is 7. The Labute approximate surface area is 171 Å². The third-order valence-corrected chi connectivity index (χ3v) is 4.09. The molecule has 0 radical (unpaired) electrons. The minimum Gasteiger partial charge on any atom is -0.497 e. The van der Waals surface area contributed by atoms with Crippen LogP contribution in [-0.4, -0.2) is 39.8 Å². The normalized spacial score (nSPS) is 11.1. The summed E-state index contributed by atoms with van der Waals surface area (Å²) in [7, 11) is 3.31. The molecule has 0 saturated heterocycles. The molecule has 0 atom stereocenters. The maximum Gasteiger partial charge on any atom is 0.277 e. The first-order valence-electron chi connectivity index (χ1n) is 8.84. The number of carbonyl (C=O) groups excluding carboxylic acids is 1. The van der Waals surface area contributed by atoms with Crippen LogP contribution in [0.4, 0.5) is 5.69 Å². The van der Waals surface area contributed by atoms with Gasteiger partial charge in [-0.15, -0.1) is 0 Å². The molecule has 0 aliphatic rings. The second-order valence-corrected chi connectivity index (χ2v) is 6.13. The summed E-state index contributed by atoms with van der Waals surface area (Å²) < 4.78 is 12.2. The zero-order valence-corrected chi connectivity index (χ0v) is 16.3. The molecule has 0 fully saturated rings. The lowest BCUT2D eigenvalue weighted by atomic mass is 10.1. The highest BCUT2D eigenvalue weighted by Crippen LogP contribution is 2.18. The molecule has 1 aromatic heterocycles. The number of nitro groups is 1. The first-order valence-corrected chi connectivity index (χ1v) is 8.84. The van der Waals surface area contributed by atoms with Crippen LogP contribution in [-0.2, 0) is 11.8 Å². The molecule has 1 N–H and O–H groups in total. The number of aryl methyl sites for hydroxylation is 1. The Kier molecular flexibility index (Phi) is 6.38. The second-order valence-electron chi connectivity index (χ2n) is 6.13. The Balaban J connectivity index is 1.76. The van der Waals surface area contributed by atoms with Gasteiger partial charge in [-0.3, -0.25) is 14.9 Å². The van der Waals surface area contributed by atoms with Crippen LogP contribution >= 0.6 is 0 Å². The van der Waals surface area contributed by atoms with Crippen molar-refractivity contribution in [2.24, 2.45) is 12.1 Å². The average molecular weight is 409 g/mol. The number of non-ortho nitro benzene ring substituents is 1. The summed E-state index contributed by atoms with van der Waals surface area (Å²) in [5.41, 5.74) is 3.04. The fourth-order valence-electron chi connectivity index (χ4n) is 2.58. The number of amides is 1. The zero-order valence-electron chi connectivity index (χ0n) is 16.3. The number of carbonyl (C=O) groups is 1. The van der Waals surface area contributed by atoms with Gasteiger partial charge in [-0.1, -0.05) is 12.1 Å². The van der Waals surface area contributed by atoms with E-state index >= 15 is 0 Å². The van der Waals surface area contributed by atoms with Crippen molar-refractivity contribution in [1.29, 1.82) is 0 Å². The molecule has 0 saturated carbocycles. The van der Waals surface area contributed by atoms with E-state index in [-0.39, 0.29) is 18.0 Å². The molecule has 154 valence electrons. The summed E-state index contributed by atoms with van der Waals surface area (Å²) >= 11 is 0. The Hall–Kier alpha value is -4.21.